The Bertz CT molecular complexity index is 1390. The fourth-order valence-electron chi connectivity index (χ4n) is 5.43. The molecule has 0 unspecified atom stereocenters. The molecule has 3 saturated heterocycles. The third-order valence-corrected chi connectivity index (χ3v) is 8.39. The summed E-state index contributed by atoms with van der Waals surface area (Å²) in [5, 5.41) is 1.10. The SMILES string of the molecule is Cc1nc2ccccc2n1-c1nc(N2CCOCC2)c2sc(CN3CC(N4CCOCC4)C3)nc2n1. The molecule has 3 aliphatic rings. The summed E-state index contributed by atoms with van der Waals surface area (Å²) in [4.78, 5) is 27.1. The van der Waals surface area contributed by atoms with E-state index >= 15 is 0 Å². The molecule has 4 aromatic rings. The van der Waals surface area contributed by atoms with Gasteiger partial charge in [0.2, 0.25) is 5.95 Å². The number of nitrogens with zero attached hydrogens (tertiary/aromatic N) is 8. The maximum absolute atomic E-state index is 5.62. The fourth-order valence-corrected chi connectivity index (χ4v) is 6.50. The number of aromatic nitrogens is 5. The molecule has 0 N–H and O–H groups in total. The van der Waals surface area contributed by atoms with Crippen LogP contribution in [-0.2, 0) is 16.0 Å². The Morgan fingerprint density at radius 1 is 0.917 bits per heavy atom. The van der Waals surface area contributed by atoms with E-state index in [4.69, 9.17) is 29.4 Å². The summed E-state index contributed by atoms with van der Waals surface area (Å²) in [6, 6.07) is 8.77. The Kier molecular flexibility index (Phi) is 5.82. The predicted molar refractivity (Wildman–Crippen MR) is 139 cm³/mol. The second-order valence-corrected chi connectivity index (χ2v) is 10.8. The molecule has 7 rings (SSSR count). The smallest absolute Gasteiger partial charge is 0.239 e. The van der Waals surface area contributed by atoms with E-state index in [1.54, 1.807) is 11.3 Å². The van der Waals surface area contributed by atoms with E-state index in [0.29, 0.717) is 25.2 Å². The summed E-state index contributed by atoms with van der Waals surface area (Å²) in [6.07, 6.45) is 0. The summed E-state index contributed by atoms with van der Waals surface area (Å²) in [5.41, 5.74) is 2.72. The zero-order valence-corrected chi connectivity index (χ0v) is 21.3. The number of hydrogen-bond donors (Lipinski definition) is 0. The van der Waals surface area contributed by atoms with E-state index in [0.717, 1.165) is 97.1 Å². The average molecular weight is 507 g/mol. The molecule has 188 valence electrons. The molecule has 3 aliphatic heterocycles. The number of morpholine rings is 2. The third kappa shape index (κ3) is 4.04. The van der Waals surface area contributed by atoms with Crippen LogP contribution in [0.4, 0.5) is 5.82 Å². The molecular formula is C25H30N8O2S. The van der Waals surface area contributed by atoms with Gasteiger partial charge in [-0.2, -0.15) is 9.97 Å². The molecule has 3 aromatic heterocycles. The molecule has 0 amide bonds. The van der Waals surface area contributed by atoms with Crippen LogP contribution in [0.2, 0.25) is 0 Å². The van der Waals surface area contributed by atoms with Crippen LogP contribution in [0.25, 0.3) is 27.3 Å². The van der Waals surface area contributed by atoms with Gasteiger partial charge in [0.25, 0.3) is 0 Å². The van der Waals surface area contributed by atoms with Gasteiger partial charge in [-0.1, -0.05) is 12.1 Å². The average Bonchev–Trinajstić information content (AvgIpc) is 3.45. The van der Waals surface area contributed by atoms with Crippen molar-refractivity contribution in [1.82, 2.24) is 34.3 Å². The topological polar surface area (TPSA) is 84.7 Å². The Hall–Kier alpha value is -2.70. The first-order chi connectivity index (χ1) is 17.7. The second kappa shape index (κ2) is 9.31. The van der Waals surface area contributed by atoms with Crippen LogP contribution < -0.4 is 4.90 Å². The van der Waals surface area contributed by atoms with Crippen LogP contribution in [0.15, 0.2) is 24.3 Å². The lowest BCUT2D eigenvalue weighted by molar-refractivity contribution is -0.0344. The van der Waals surface area contributed by atoms with Crippen molar-refractivity contribution in [2.75, 3.05) is 70.6 Å². The van der Waals surface area contributed by atoms with Gasteiger partial charge in [-0.3, -0.25) is 14.4 Å². The van der Waals surface area contributed by atoms with Crippen molar-refractivity contribution in [3.63, 3.8) is 0 Å². The van der Waals surface area contributed by atoms with Crippen LogP contribution in [0.3, 0.4) is 0 Å². The van der Waals surface area contributed by atoms with Crippen molar-refractivity contribution in [3.8, 4) is 5.95 Å². The molecule has 0 atom stereocenters. The van der Waals surface area contributed by atoms with E-state index in [1.807, 2.05) is 29.7 Å². The number of rotatable bonds is 5. The number of para-hydroxylation sites is 2. The number of fused-ring (bicyclic) bond motifs is 2. The number of imidazole rings is 1. The fraction of sp³-hybridized carbons (Fsp3) is 0.520. The number of anilines is 1. The second-order valence-electron chi connectivity index (χ2n) is 9.69. The largest absolute Gasteiger partial charge is 0.379 e. The maximum Gasteiger partial charge on any atom is 0.239 e. The van der Waals surface area contributed by atoms with Gasteiger partial charge < -0.3 is 14.4 Å². The highest BCUT2D eigenvalue weighted by molar-refractivity contribution is 7.19. The Balaban J connectivity index is 1.22. The van der Waals surface area contributed by atoms with Crippen molar-refractivity contribution in [1.29, 1.82) is 0 Å². The molecule has 0 spiro atoms. The standard InChI is InChI=1S/C25H30N8O2S/c1-17-26-19-4-2-3-5-20(19)33(17)25-28-23-22(24(29-25)32-8-12-35-13-9-32)36-21(27-23)16-30-14-18(15-30)31-6-10-34-11-7-31/h2-5,18H,6-16H2,1H3. The minimum absolute atomic E-state index is 0.628. The Morgan fingerprint density at radius 2 is 1.67 bits per heavy atom. The van der Waals surface area contributed by atoms with Crippen LogP contribution in [0.1, 0.15) is 10.8 Å². The first-order valence-electron chi connectivity index (χ1n) is 12.7. The summed E-state index contributed by atoms with van der Waals surface area (Å²) < 4.78 is 14.2. The molecule has 11 heteroatoms. The van der Waals surface area contributed by atoms with Gasteiger partial charge in [0.15, 0.2) is 11.5 Å². The van der Waals surface area contributed by atoms with E-state index < -0.39 is 0 Å². The summed E-state index contributed by atoms with van der Waals surface area (Å²) in [7, 11) is 0. The quantitative estimate of drug-likeness (QED) is 0.404. The number of benzene rings is 1. The minimum Gasteiger partial charge on any atom is -0.379 e. The number of ether oxygens (including phenoxy) is 2. The number of likely N-dealkylation sites (tertiary alicyclic amines) is 1. The number of hydrogen-bond acceptors (Lipinski definition) is 10. The van der Waals surface area contributed by atoms with Gasteiger partial charge in [0.05, 0.1) is 44.0 Å². The molecular weight excluding hydrogens is 476 g/mol. The van der Waals surface area contributed by atoms with E-state index in [9.17, 15) is 0 Å². The molecule has 0 saturated carbocycles. The van der Waals surface area contributed by atoms with Crippen LogP contribution in [0.5, 0.6) is 0 Å². The van der Waals surface area contributed by atoms with Crippen molar-refractivity contribution in [2.45, 2.75) is 19.5 Å². The highest BCUT2D eigenvalue weighted by Crippen LogP contribution is 2.33. The summed E-state index contributed by atoms with van der Waals surface area (Å²) >= 11 is 1.73. The van der Waals surface area contributed by atoms with Crippen molar-refractivity contribution >= 4 is 38.5 Å². The normalized spacial score (nSPS) is 20.4. The molecule has 0 radical (unpaired) electrons. The molecule has 6 heterocycles. The maximum atomic E-state index is 5.62. The van der Waals surface area contributed by atoms with Crippen LogP contribution in [-0.4, -0.2) is 106 Å². The third-order valence-electron chi connectivity index (χ3n) is 7.37. The number of aryl methyl sites for hydroxylation is 1. The number of thiazole rings is 1. The van der Waals surface area contributed by atoms with Gasteiger partial charge in [-0.15, -0.1) is 11.3 Å². The highest BCUT2D eigenvalue weighted by Gasteiger charge is 2.33. The zero-order chi connectivity index (χ0) is 24.1. The van der Waals surface area contributed by atoms with E-state index in [1.165, 1.54) is 0 Å². The van der Waals surface area contributed by atoms with Crippen molar-refractivity contribution in [3.05, 3.63) is 35.1 Å². The lowest BCUT2D eigenvalue weighted by atomic mass is 10.1. The first kappa shape index (κ1) is 22.5. The molecule has 10 nitrogen and oxygen atoms in total. The predicted octanol–water partition coefficient (Wildman–Crippen LogP) is 2.09. The lowest BCUT2D eigenvalue weighted by Crippen LogP contribution is -2.60. The highest BCUT2D eigenvalue weighted by atomic mass is 32.1. The Morgan fingerprint density at radius 3 is 2.47 bits per heavy atom. The zero-order valence-electron chi connectivity index (χ0n) is 20.5. The summed E-state index contributed by atoms with van der Waals surface area (Å²) in [5.74, 6) is 2.45. The van der Waals surface area contributed by atoms with Gasteiger partial charge >= 0.3 is 0 Å². The van der Waals surface area contributed by atoms with Crippen molar-refractivity contribution in [2.24, 2.45) is 0 Å². The van der Waals surface area contributed by atoms with E-state index in [2.05, 4.69) is 20.8 Å². The van der Waals surface area contributed by atoms with Gasteiger partial charge in [0.1, 0.15) is 15.5 Å². The van der Waals surface area contributed by atoms with E-state index in [-0.39, 0.29) is 0 Å². The lowest BCUT2D eigenvalue weighted by Gasteiger charge is -2.46. The first-order valence-corrected chi connectivity index (χ1v) is 13.5. The molecule has 0 bridgehead atoms. The minimum atomic E-state index is 0.628. The Labute approximate surface area is 213 Å². The summed E-state index contributed by atoms with van der Waals surface area (Å²) in [6.45, 7) is 11.9. The monoisotopic (exact) mass is 506 g/mol. The molecule has 0 aliphatic carbocycles. The van der Waals surface area contributed by atoms with Gasteiger partial charge in [-0.05, 0) is 19.1 Å². The van der Waals surface area contributed by atoms with Gasteiger partial charge in [0, 0.05) is 45.3 Å². The van der Waals surface area contributed by atoms with Crippen LogP contribution in [0, 0.1) is 6.92 Å². The van der Waals surface area contributed by atoms with Gasteiger partial charge in [-0.25, -0.2) is 9.97 Å². The van der Waals surface area contributed by atoms with Crippen LogP contribution >= 0.6 is 11.3 Å². The molecule has 1 aromatic carbocycles. The molecule has 3 fully saturated rings. The molecule has 36 heavy (non-hydrogen) atoms. The van der Waals surface area contributed by atoms with Crippen molar-refractivity contribution < 1.29 is 9.47 Å².